The highest BCUT2D eigenvalue weighted by Crippen LogP contribution is 2.31. The Hall–Kier alpha value is -0.910. The van der Waals surface area contributed by atoms with E-state index in [1.807, 2.05) is 25.1 Å². The largest absolute Gasteiger partial charge is 0.310 e. The Labute approximate surface area is 128 Å². The zero-order valence-electron chi connectivity index (χ0n) is 13.3. The van der Waals surface area contributed by atoms with Gasteiger partial charge < -0.3 is 5.32 Å². The maximum absolute atomic E-state index is 12.6. The van der Waals surface area contributed by atoms with Gasteiger partial charge in [-0.25, -0.2) is 13.1 Å². The van der Waals surface area contributed by atoms with E-state index in [-0.39, 0.29) is 6.04 Å². The Morgan fingerprint density at radius 2 is 2.00 bits per heavy atom. The average Bonchev–Trinajstić information content (AvgIpc) is 3.10. The van der Waals surface area contributed by atoms with Gasteiger partial charge in [0, 0.05) is 18.6 Å². The van der Waals surface area contributed by atoms with Crippen LogP contribution in [0.4, 0.5) is 0 Å². The first-order valence-corrected chi connectivity index (χ1v) is 9.19. The molecule has 0 heterocycles. The lowest BCUT2D eigenvalue weighted by Crippen LogP contribution is -2.28. The van der Waals surface area contributed by atoms with Crippen LogP contribution in [0.25, 0.3) is 0 Å². The van der Waals surface area contributed by atoms with Gasteiger partial charge in [-0.3, -0.25) is 0 Å². The minimum absolute atomic E-state index is 0.108. The molecule has 0 aliphatic heterocycles. The number of benzene rings is 1. The van der Waals surface area contributed by atoms with Crippen LogP contribution < -0.4 is 10.0 Å². The van der Waals surface area contributed by atoms with E-state index in [2.05, 4.69) is 30.8 Å². The second kappa shape index (κ2) is 6.46. The van der Waals surface area contributed by atoms with Crippen molar-refractivity contribution in [3.05, 3.63) is 29.3 Å². The monoisotopic (exact) mass is 310 g/mol. The zero-order valence-corrected chi connectivity index (χ0v) is 14.1. The predicted molar refractivity (Wildman–Crippen MR) is 85.7 cm³/mol. The minimum atomic E-state index is -3.41. The molecule has 4 nitrogen and oxygen atoms in total. The van der Waals surface area contributed by atoms with Crippen molar-refractivity contribution in [1.29, 1.82) is 0 Å². The number of hydrogen-bond donors (Lipinski definition) is 2. The molecule has 2 rings (SSSR count). The van der Waals surface area contributed by atoms with Crippen molar-refractivity contribution in [2.24, 2.45) is 5.92 Å². The first-order chi connectivity index (χ1) is 9.83. The van der Waals surface area contributed by atoms with E-state index in [1.54, 1.807) is 0 Å². The summed E-state index contributed by atoms with van der Waals surface area (Å²) in [7, 11) is -3.41. The minimum Gasteiger partial charge on any atom is -0.310 e. The molecular formula is C16H26N2O2S. The van der Waals surface area contributed by atoms with Crippen molar-refractivity contribution < 1.29 is 8.42 Å². The highest BCUT2D eigenvalue weighted by Gasteiger charge is 2.36. The SMILES string of the molecule is CCc1ccc(CNC(C)C)cc1S(=O)(=O)NC1CC1C. The summed E-state index contributed by atoms with van der Waals surface area (Å²) in [5.74, 6) is 0.454. The Bertz CT molecular complexity index is 596. The Balaban J connectivity index is 2.24. The molecule has 0 saturated heterocycles. The summed E-state index contributed by atoms with van der Waals surface area (Å²) in [6.07, 6.45) is 1.66. The van der Waals surface area contributed by atoms with Gasteiger partial charge in [-0.1, -0.05) is 39.8 Å². The van der Waals surface area contributed by atoms with Gasteiger partial charge >= 0.3 is 0 Å². The van der Waals surface area contributed by atoms with E-state index >= 15 is 0 Å². The van der Waals surface area contributed by atoms with E-state index in [1.165, 1.54) is 0 Å². The fourth-order valence-corrected chi connectivity index (χ4v) is 4.04. The molecule has 1 saturated carbocycles. The normalized spacial score (nSPS) is 21.8. The summed E-state index contributed by atoms with van der Waals surface area (Å²) >= 11 is 0. The molecule has 2 N–H and O–H groups in total. The highest BCUT2D eigenvalue weighted by molar-refractivity contribution is 7.89. The van der Waals surface area contributed by atoms with Crippen LogP contribution in [-0.2, 0) is 23.0 Å². The number of nitrogens with one attached hydrogen (secondary N) is 2. The molecular weight excluding hydrogens is 284 g/mol. The van der Waals surface area contributed by atoms with Gasteiger partial charge in [0.05, 0.1) is 4.90 Å². The molecule has 2 atom stereocenters. The molecule has 1 aliphatic rings. The maximum atomic E-state index is 12.6. The van der Waals surface area contributed by atoms with E-state index < -0.39 is 10.0 Å². The lowest BCUT2D eigenvalue weighted by molar-refractivity contribution is 0.575. The van der Waals surface area contributed by atoms with Crippen molar-refractivity contribution in [2.75, 3.05) is 0 Å². The quantitative estimate of drug-likeness (QED) is 0.813. The summed E-state index contributed by atoms with van der Waals surface area (Å²) < 4.78 is 27.9. The summed E-state index contributed by atoms with van der Waals surface area (Å²) in [6.45, 7) is 8.89. The second-order valence-corrected chi connectivity index (χ2v) is 7.95. The zero-order chi connectivity index (χ0) is 15.6. The van der Waals surface area contributed by atoms with E-state index in [4.69, 9.17) is 0 Å². The summed E-state index contributed by atoms with van der Waals surface area (Å²) in [6, 6.07) is 6.23. The van der Waals surface area contributed by atoms with Crippen LogP contribution in [0.1, 0.15) is 45.2 Å². The van der Waals surface area contributed by atoms with Gasteiger partial charge in [-0.2, -0.15) is 0 Å². The molecule has 1 fully saturated rings. The third-order valence-electron chi connectivity index (χ3n) is 3.93. The molecule has 5 heteroatoms. The number of aryl methyl sites for hydroxylation is 1. The third-order valence-corrected chi connectivity index (χ3v) is 5.50. The Morgan fingerprint density at radius 3 is 2.52 bits per heavy atom. The van der Waals surface area contributed by atoms with Crippen molar-refractivity contribution in [3.8, 4) is 0 Å². The predicted octanol–water partition coefficient (Wildman–Crippen LogP) is 2.43. The molecule has 2 unspecified atom stereocenters. The number of hydrogen-bond acceptors (Lipinski definition) is 3. The van der Waals surface area contributed by atoms with E-state index in [0.717, 1.165) is 17.5 Å². The van der Waals surface area contributed by atoms with Crippen LogP contribution in [-0.4, -0.2) is 20.5 Å². The summed E-state index contributed by atoms with van der Waals surface area (Å²) in [4.78, 5) is 0.437. The molecule has 0 aromatic heterocycles. The smallest absolute Gasteiger partial charge is 0.241 e. The van der Waals surface area contributed by atoms with Crippen molar-refractivity contribution in [1.82, 2.24) is 10.0 Å². The molecule has 0 bridgehead atoms. The first kappa shape index (κ1) is 16.5. The van der Waals surface area contributed by atoms with E-state index in [9.17, 15) is 8.42 Å². The first-order valence-electron chi connectivity index (χ1n) is 7.71. The van der Waals surface area contributed by atoms with Gasteiger partial charge in [-0.05, 0) is 36.0 Å². The van der Waals surface area contributed by atoms with Crippen LogP contribution in [0.5, 0.6) is 0 Å². The molecule has 0 amide bonds. The van der Waals surface area contributed by atoms with Gasteiger partial charge in [0.1, 0.15) is 0 Å². The fourth-order valence-electron chi connectivity index (χ4n) is 2.32. The average molecular weight is 310 g/mol. The van der Waals surface area contributed by atoms with Crippen LogP contribution in [0.2, 0.25) is 0 Å². The van der Waals surface area contributed by atoms with Gasteiger partial charge in [0.2, 0.25) is 10.0 Å². The van der Waals surface area contributed by atoms with Crippen LogP contribution in [0.3, 0.4) is 0 Å². The molecule has 1 aliphatic carbocycles. The maximum Gasteiger partial charge on any atom is 0.241 e. The lowest BCUT2D eigenvalue weighted by Gasteiger charge is -2.14. The molecule has 0 spiro atoms. The van der Waals surface area contributed by atoms with Gasteiger partial charge in [0.15, 0.2) is 0 Å². The lowest BCUT2D eigenvalue weighted by atomic mass is 10.1. The van der Waals surface area contributed by atoms with Crippen LogP contribution >= 0.6 is 0 Å². The molecule has 1 aromatic rings. The molecule has 21 heavy (non-hydrogen) atoms. The number of sulfonamides is 1. The van der Waals surface area contributed by atoms with Gasteiger partial charge in [-0.15, -0.1) is 0 Å². The Morgan fingerprint density at radius 1 is 1.33 bits per heavy atom. The second-order valence-electron chi connectivity index (χ2n) is 6.27. The van der Waals surface area contributed by atoms with Crippen molar-refractivity contribution in [3.63, 3.8) is 0 Å². The summed E-state index contributed by atoms with van der Waals surface area (Å²) in [5, 5.41) is 3.32. The van der Waals surface area contributed by atoms with E-state index in [0.29, 0.717) is 29.8 Å². The number of rotatable bonds is 7. The summed E-state index contributed by atoms with van der Waals surface area (Å²) in [5.41, 5.74) is 1.88. The standard InChI is InChI=1S/C16H26N2O2S/c1-5-14-7-6-13(10-17-11(2)3)9-16(14)21(19,20)18-15-8-12(15)4/h6-7,9,11-12,15,17-18H,5,8,10H2,1-4H3. The topological polar surface area (TPSA) is 58.2 Å². The van der Waals surface area contributed by atoms with Crippen LogP contribution in [0.15, 0.2) is 23.1 Å². The van der Waals surface area contributed by atoms with Crippen molar-refractivity contribution in [2.45, 2.75) is 64.1 Å². The molecule has 1 aromatic carbocycles. The van der Waals surface area contributed by atoms with Gasteiger partial charge in [0.25, 0.3) is 0 Å². The Kier molecular flexibility index (Phi) is 5.07. The third kappa shape index (κ3) is 4.28. The highest BCUT2D eigenvalue weighted by atomic mass is 32.2. The molecule has 0 radical (unpaired) electrons. The molecule has 118 valence electrons. The van der Waals surface area contributed by atoms with Crippen LogP contribution in [0, 0.1) is 5.92 Å². The fraction of sp³-hybridized carbons (Fsp3) is 0.625. The van der Waals surface area contributed by atoms with Crippen molar-refractivity contribution >= 4 is 10.0 Å².